The Hall–Kier alpha value is -1.90. The molecule has 2 aliphatic rings. The Kier molecular flexibility index (Phi) is 6.42. The number of aliphatic carboxylic acids is 1. The van der Waals surface area contributed by atoms with E-state index in [1.807, 2.05) is 6.07 Å². The van der Waals surface area contributed by atoms with Gasteiger partial charge in [-0.1, -0.05) is 53.8 Å². The topological polar surface area (TPSA) is 77.9 Å². The van der Waals surface area contributed by atoms with Crippen LogP contribution in [0.4, 0.5) is 0 Å². The Balaban J connectivity index is 1.72. The standard InChI is InChI=1S/C19H19ClN2O4S2/c1-11(16(23)21-8-6-12(7-9-21)18(25)26)22-17(24)15(28-19(22)27)10-13-4-2-3-5-14(13)20/h2-5,10-12H,6-9H2,1H3,(H,25,26). The highest BCUT2D eigenvalue weighted by Gasteiger charge is 2.40. The first-order chi connectivity index (χ1) is 13.3. The molecule has 1 unspecified atom stereocenters. The summed E-state index contributed by atoms with van der Waals surface area (Å²) in [6, 6.07) is 6.42. The lowest BCUT2D eigenvalue weighted by Crippen LogP contribution is -2.51. The molecule has 3 rings (SSSR count). The average molecular weight is 439 g/mol. The van der Waals surface area contributed by atoms with Crippen LogP contribution in [0.5, 0.6) is 0 Å². The molecule has 9 heteroatoms. The number of halogens is 1. The van der Waals surface area contributed by atoms with Crippen molar-refractivity contribution in [1.82, 2.24) is 9.80 Å². The maximum atomic E-state index is 12.9. The lowest BCUT2D eigenvalue weighted by Gasteiger charge is -2.34. The number of nitrogens with zero attached hydrogens (tertiary/aromatic N) is 2. The SMILES string of the molecule is CC(C(=O)N1CCC(C(=O)O)CC1)N1C(=O)C(=Cc2ccccc2Cl)SC1=S. The first-order valence-electron chi connectivity index (χ1n) is 8.82. The van der Waals surface area contributed by atoms with Crippen molar-refractivity contribution in [1.29, 1.82) is 0 Å². The molecule has 2 heterocycles. The Morgan fingerprint density at radius 2 is 1.96 bits per heavy atom. The molecule has 0 aromatic heterocycles. The quantitative estimate of drug-likeness (QED) is 0.574. The second-order valence-corrected chi connectivity index (χ2v) is 8.77. The van der Waals surface area contributed by atoms with Crippen molar-refractivity contribution in [2.75, 3.05) is 13.1 Å². The number of thioether (sulfide) groups is 1. The fourth-order valence-corrected chi connectivity index (χ4v) is 4.87. The number of benzene rings is 1. The molecule has 2 amide bonds. The fourth-order valence-electron chi connectivity index (χ4n) is 3.27. The molecule has 0 saturated carbocycles. The highest BCUT2D eigenvalue weighted by atomic mass is 35.5. The molecule has 0 aliphatic carbocycles. The first kappa shape index (κ1) is 20.8. The number of carbonyl (C=O) groups is 3. The maximum absolute atomic E-state index is 12.9. The predicted molar refractivity (Wildman–Crippen MR) is 113 cm³/mol. The van der Waals surface area contributed by atoms with Gasteiger partial charge in [-0.3, -0.25) is 19.3 Å². The summed E-state index contributed by atoms with van der Waals surface area (Å²) >= 11 is 12.6. The van der Waals surface area contributed by atoms with E-state index in [1.165, 1.54) is 4.90 Å². The van der Waals surface area contributed by atoms with Gasteiger partial charge in [0, 0.05) is 18.1 Å². The van der Waals surface area contributed by atoms with Crippen LogP contribution in [0.2, 0.25) is 5.02 Å². The van der Waals surface area contributed by atoms with Crippen LogP contribution in [0, 0.1) is 5.92 Å². The summed E-state index contributed by atoms with van der Waals surface area (Å²) in [7, 11) is 0. The molecule has 1 aromatic carbocycles. The van der Waals surface area contributed by atoms with E-state index in [-0.39, 0.29) is 11.8 Å². The van der Waals surface area contributed by atoms with Gasteiger partial charge in [0.05, 0.1) is 10.8 Å². The molecule has 1 N–H and O–H groups in total. The Morgan fingerprint density at radius 1 is 1.32 bits per heavy atom. The molecule has 1 atom stereocenters. The molecule has 148 valence electrons. The maximum Gasteiger partial charge on any atom is 0.306 e. The number of carboxylic acids is 1. The van der Waals surface area contributed by atoms with E-state index in [2.05, 4.69) is 0 Å². The molecule has 2 saturated heterocycles. The minimum atomic E-state index is -0.832. The van der Waals surface area contributed by atoms with Gasteiger partial charge in [-0.05, 0) is 37.5 Å². The van der Waals surface area contributed by atoms with E-state index in [9.17, 15) is 14.4 Å². The highest BCUT2D eigenvalue weighted by Crippen LogP contribution is 2.35. The Labute approximate surface area is 177 Å². The molecule has 2 aliphatic heterocycles. The lowest BCUT2D eigenvalue weighted by atomic mass is 9.96. The molecule has 6 nitrogen and oxygen atoms in total. The molecule has 1 aromatic rings. The van der Waals surface area contributed by atoms with Crippen molar-refractivity contribution in [3.63, 3.8) is 0 Å². The number of rotatable bonds is 4. The van der Waals surface area contributed by atoms with E-state index in [0.29, 0.717) is 45.7 Å². The summed E-state index contributed by atoms with van der Waals surface area (Å²) < 4.78 is 0.324. The number of carboxylic acid groups (broad SMARTS) is 1. The van der Waals surface area contributed by atoms with Crippen molar-refractivity contribution in [2.24, 2.45) is 5.92 Å². The highest BCUT2D eigenvalue weighted by molar-refractivity contribution is 8.26. The van der Waals surface area contributed by atoms with E-state index in [1.54, 1.807) is 36.1 Å². The van der Waals surface area contributed by atoms with Gasteiger partial charge in [0.1, 0.15) is 10.4 Å². The third-order valence-electron chi connectivity index (χ3n) is 4.92. The zero-order valence-corrected chi connectivity index (χ0v) is 17.5. The smallest absolute Gasteiger partial charge is 0.306 e. The fraction of sp³-hybridized carbons (Fsp3) is 0.368. The van der Waals surface area contributed by atoms with E-state index >= 15 is 0 Å². The van der Waals surface area contributed by atoms with Gasteiger partial charge in [0.2, 0.25) is 5.91 Å². The van der Waals surface area contributed by atoms with Gasteiger partial charge in [0.25, 0.3) is 5.91 Å². The van der Waals surface area contributed by atoms with Crippen LogP contribution in [0.1, 0.15) is 25.3 Å². The zero-order valence-electron chi connectivity index (χ0n) is 15.1. The minimum Gasteiger partial charge on any atom is -0.481 e. The second-order valence-electron chi connectivity index (χ2n) is 6.69. The lowest BCUT2D eigenvalue weighted by molar-refractivity contribution is -0.147. The predicted octanol–water partition coefficient (Wildman–Crippen LogP) is 3.25. The number of hydrogen-bond acceptors (Lipinski definition) is 5. The van der Waals surface area contributed by atoms with Crippen LogP contribution in [-0.2, 0) is 14.4 Å². The summed E-state index contributed by atoms with van der Waals surface area (Å²) in [4.78, 5) is 40.1. The van der Waals surface area contributed by atoms with Crippen LogP contribution in [0.3, 0.4) is 0 Å². The first-order valence-corrected chi connectivity index (χ1v) is 10.4. The van der Waals surface area contributed by atoms with Gasteiger partial charge in [-0.15, -0.1) is 0 Å². The number of piperidine rings is 1. The van der Waals surface area contributed by atoms with E-state index in [4.69, 9.17) is 28.9 Å². The van der Waals surface area contributed by atoms with Crippen molar-refractivity contribution in [2.45, 2.75) is 25.8 Å². The van der Waals surface area contributed by atoms with Crippen molar-refractivity contribution >= 4 is 63.8 Å². The van der Waals surface area contributed by atoms with Gasteiger partial charge in [-0.2, -0.15) is 0 Å². The minimum absolute atomic E-state index is 0.223. The monoisotopic (exact) mass is 438 g/mol. The molecule has 2 fully saturated rings. The van der Waals surface area contributed by atoms with Crippen LogP contribution < -0.4 is 0 Å². The third kappa shape index (κ3) is 4.24. The molecule has 0 spiro atoms. The van der Waals surface area contributed by atoms with Crippen molar-refractivity contribution in [3.8, 4) is 0 Å². The number of hydrogen-bond donors (Lipinski definition) is 1. The Bertz CT molecular complexity index is 865. The van der Waals surface area contributed by atoms with Gasteiger partial charge in [0.15, 0.2) is 0 Å². The second kappa shape index (κ2) is 8.63. The summed E-state index contributed by atoms with van der Waals surface area (Å²) in [5.41, 5.74) is 0.708. The van der Waals surface area contributed by atoms with Crippen molar-refractivity contribution in [3.05, 3.63) is 39.8 Å². The van der Waals surface area contributed by atoms with Gasteiger partial charge >= 0.3 is 5.97 Å². The number of thiocarbonyl (C=S) groups is 1. The molecule has 0 bridgehead atoms. The molecule has 28 heavy (non-hydrogen) atoms. The summed E-state index contributed by atoms with van der Waals surface area (Å²) in [5, 5.41) is 9.62. The van der Waals surface area contributed by atoms with E-state index in [0.717, 1.165) is 11.8 Å². The van der Waals surface area contributed by atoms with Crippen LogP contribution in [0.25, 0.3) is 6.08 Å². The summed E-state index contributed by atoms with van der Waals surface area (Å²) in [5.74, 6) is -1.80. The largest absolute Gasteiger partial charge is 0.481 e. The molecule has 0 radical (unpaired) electrons. The van der Waals surface area contributed by atoms with Crippen LogP contribution >= 0.6 is 35.6 Å². The van der Waals surface area contributed by atoms with Gasteiger partial charge < -0.3 is 10.0 Å². The van der Waals surface area contributed by atoms with Crippen LogP contribution in [-0.4, -0.2) is 56.1 Å². The summed E-state index contributed by atoms with van der Waals surface area (Å²) in [6.07, 6.45) is 2.51. The molecular formula is C19H19ClN2O4S2. The Morgan fingerprint density at radius 3 is 2.57 bits per heavy atom. The van der Waals surface area contributed by atoms with Crippen molar-refractivity contribution < 1.29 is 19.5 Å². The third-order valence-corrected chi connectivity index (χ3v) is 6.59. The number of likely N-dealkylation sites (tertiary alicyclic amines) is 1. The van der Waals surface area contributed by atoms with E-state index < -0.39 is 17.9 Å². The number of carbonyl (C=O) groups excluding carboxylic acids is 2. The number of amides is 2. The zero-order chi connectivity index (χ0) is 20.4. The molecular weight excluding hydrogens is 420 g/mol. The normalized spacial score (nSPS) is 20.7. The van der Waals surface area contributed by atoms with Gasteiger partial charge in [-0.25, -0.2) is 0 Å². The average Bonchev–Trinajstić information content (AvgIpc) is 2.95. The van der Waals surface area contributed by atoms with Crippen LogP contribution in [0.15, 0.2) is 29.2 Å². The summed E-state index contributed by atoms with van der Waals surface area (Å²) in [6.45, 7) is 2.38.